The Morgan fingerprint density at radius 3 is 2.24 bits per heavy atom. The minimum atomic E-state index is -0.386. The molecule has 2 rings (SSSR count). The molecule has 0 aromatic carbocycles. The molecular weight excluding hydrogens is 216 g/mol. The van der Waals surface area contributed by atoms with Crippen molar-refractivity contribution in [3.05, 3.63) is 0 Å². The zero-order chi connectivity index (χ0) is 12.3. The van der Waals surface area contributed by atoms with E-state index in [0.717, 1.165) is 32.0 Å². The summed E-state index contributed by atoms with van der Waals surface area (Å²) < 4.78 is 0. The molecule has 2 saturated heterocycles. The van der Waals surface area contributed by atoms with Crippen LogP contribution in [0.1, 0.15) is 25.7 Å². The first kappa shape index (κ1) is 12.6. The third-order valence-electron chi connectivity index (χ3n) is 4.08. The minimum absolute atomic E-state index is 0.287. The summed E-state index contributed by atoms with van der Waals surface area (Å²) in [7, 11) is 2.19. The Morgan fingerprint density at radius 2 is 1.71 bits per heavy atom. The number of primary amides is 1. The Kier molecular flexibility index (Phi) is 4.23. The van der Waals surface area contributed by atoms with Crippen LogP contribution in [0.4, 0.5) is 4.79 Å². The SMILES string of the molecule is CN1CCC(N2CCC(NC(N)=O)CC2)CC1. The molecule has 0 aromatic heterocycles. The van der Waals surface area contributed by atoms with Crippen LogP contribution in [-0.4, -0.2) is 61.1 Å². The van der Waals surface area contributed by atoms with E-state index in [1.165, 1.54) is 25.9 Å². The molecule has 0 aliphatic carbocycles. The van der Waals surface area contributed by atoms with Crippen LogP contribution in [0.2, 0.25) is 0 Å². The quantitative estimate of drug-likeness (QED) is 0.725. The fourth-order valence-electron chi connectivity index (χ4n) is 2.97. The molecule has 5 heteroatoms. The van der Waals surface area contributed by atoms with E-state index in [-0.39, 0.29) is 12.1 Å². The van der Waals surface area contributed by atoms with Gasteiger partial charge < -0.3 is 20.9 Å². The van der Waals surface area contributed by atoms with Crippen molar-refractivity contribution >= 4 is 6.03 Å². The van der Waals surface area contributed by atoms with E-state index in [2.05, 4.69) is 22.2 Å². The predicted molar refractivity (Wildman–Crippen MR) is 67.8 cm³/mol. The number of carbonyl (C=O) groups excluding carboxylic acids is 1. The number of nitrogens with one attached hydrogen (secondary N) is 1. The van der Waals surface area contributed by atoms with Gasteiger partial charge in [0, 0.05) is 25.2 Å². The number of nitrogens with two attached hydrogens (primary N) is 1. The zero-order valence-corrected chi connectivity index (χ0v) is 10.7. The number of nitrogens with zero attached hydrogens (tertiary/aromatic N) is 2. The lowest BCUT2D eigenvalue weighted by atomic mass is 9.98. The molecular formula is C12H24N4O. The molecule has 17 heavy (non-hydrogen) atoms. The summed E-state index contributed by atoms with van der Waals surface area (Å²) in [4.78, 5) is 15.8. The maximum absolute atomic E-state index is 10.8. The molecule has 0 radical (unpaired) electrons. The number of hydrogen-bond donors (Lipinski definition) is 2. The lowest BCUT2D eigenvalue weighted by Crippen LogP contribution is -2.51. The van der Waals surface area contributed by atoms with Crippen LogP contribution in [0.3, 0.4) is 0 Å². The molecule has 0 atom stereocenters. The molecule has 0 spiro atoms. The van der Waals surface area contributed by atoms with Gasteiger partial charge in [-0.1, -0.05) is 0 Å². The van der Waals surface area contributed by atoms with E-state index in [4.69, 9.17) is 5.73 Å². The van der Waals surface area contributed by atoms with Crippen molar-refractivity contribution in [2.75, 3.05) is 33.2 Å². The highest BCUT2D eigenvalue weighted by Gasteiger charge is 2.27. The normalized spacial score (nSPS) is 25.9. The molecule has 2 aliphatic rings. The summed E-state index contributed by atoms with van der Waals surface area (Å²) >= 11 is 0. The van der Waals surface area contributed by atoms with E-state index >= 15 is 0 Å². The molecule has 2 fully saturated rings. The highest BCUT2D eigenvalue weighted by molar-refractivity contribution is 5.71. The number of carbonyl (C=O) groups is 1. The van der Waals surface area contributed by atoms with Crippen LogP contribution < -0.4 is 11.1 Å². The summed E-state index contributed by atoms with van der Waals surface area (Å²) in [5.41, 5.74) is 5.15. The van der Waals surface area contributed by atoms with Gasteiger partial charge in [-0.25, -0.2) is 4.79 Å². The summed E-state index contributed by atoms with van der Waals surface area (Å²) in [5.74, 6) is 0. The van der Waals surface area contributed by atoms with Gasteiger partial charge in [0.25, 0.3) is 0 Å². The highest BCUT2D eigenvalue weighted by Crippen LogP contribution is 2.20. The largest absolute Gasteiger partial charge is 0.352 e. The first-order valence-corrected chi connectivity index (χ1v) is 6.63. The second-order valence-electron chi connectivity index (χ2n) is 5.35. The Morgan fingerprint density at radius 1 is 1.12 bits per heavy atom. The standard InChI is InChI=1S/C12H24N4O/c1-15-6-4-11(5-7-15)16-8-2-10(3-9-16)14-12(13)17/h10-11H,2-9H2,1H3,(H3,13,14,17). The van der Waals surface area contributed by atoms with Crippen molar-refractivity contribution in [3.63, 3.8) is 0 Å². The Labute approximate surface area is 103 Å². The monoisotopic (exact) mass is 240 g/mol. The molecule has 0 bridgehead atoms. The van der Waals surface area contributed by atoms with Crippen molar-refractivity contribution < 1.29 is 4.79 Å². The number of likely N-dealkylation sites (tertiary alicyclic amines) is 2. The summed E-state index contributed by atoms with van der Waals surface area (Å²) in [6, 6.07) is 0.651. The van der Waals surface area contributed by atoms with Crippen LogP contribution in [-0.2, 0) is 0 Å². The van der Waals surface area contributed by atoms with Gasteiger partial charge in [0.2, 0.25) is 0 Å². The fourth-order valence-corrected chi connectivity index (χ4v) is 2.97. The summed E-state index contributed by atoms with van der Waals surface area (Å²) in [6.45, 7) is 4.62. The van der Waals surface area contributed by atoms with Gasteiger partial charge >= 0.3 is 6.03 Å². The Hall–Kier alpha value is -0.810. The van der Waals surface area contributed by atoms with Crippen molar-refractivity contribution in [2.45, 2.75) is 37.8 Å². The highest BCUT2D eigenvalue weighted by atomic mass is 16.2. The first-order valence-electron chi connectivity index (χ1n) is 6.63. The number of amides is 2. The van der Waals surface area contributed by atoms with Crippen LogP contribution in [0.15, 0.2) is 0 Å². The second-order valence-corrected chi connectivity index (χ2v) is 5.35. The molecule has 3 N–H and O–H groups in total. The van der Waals surface area contributed by atoms with Crippen molar-refractivity contribution in [2.24, 2.45) is 5.73 Å². The van der Waals surface area contributed by atoms with Crippen molar-refractivity contribution in [1.82, 2.24) is 15.1 Å². The van der Waals surface area contributed by atoms with Gasteiger partial charge in [-0.3, -0.25) is 0 Å². The average Bonchev–Trinajstić information content (AvgIpc) is 2.30. The molecule has 5 nitrogen and oxygen atoms in total. The fraction of sp³-hybridized carbons (Fsp3) is 0.917. The Bertz CT molecular complexity index is 255. The number of urea groups is 1. The molecule has 0 unspecified atom stereocenters. The molecule has 0 saturated carbocycles. The molecule has 98 valence electrons. The summed E-state index contributed by atoms with van der Waals surface area (Å²) in [5, 5.41) is 2.82. The first-order chi connectivity index (χ1) is 8.15. The number of piperidine rings is 2. The van der Waals surface area contributed by atoms with Gasteiger partial charge in [0.05, 0.1) is 0 Å². The molecule has 2 amide bonds. The maximum Gasteiger partial charge on any atom is 0.312 e. The Balaban J connectivity index is 1.73. The van der Waals surface area contributed by atoms with E-state index in [9.17, 15) is 4.79 Å². The second kappa shape index (κ2) is 5.69. The van der Waals surface area contributed by atoms with Gasteiger partial charge in [-0.05, 0) is 45.8 Å². The van der Waals surface area contributed by atoms with E-state index in [0.29, 0.717) is 0 Å². The smallest absolute Gasteiger partial charge is 0.312 e. The maximum atomic E-state index is 10.8. The van der Waals surface area contributed by atoms with Crippen LogP contribution in [0.25, 0.3) is 0 Å². The topological polar surface area (TPSA) is 61.6 Å². The van der Waals surface area contributed by atoms with Gasteiger partial charge in [0.15, 0.2) is 0 Å². The third kappa shape index (κ3) is 3.57. The lowest BCUT2D eigenvalue weighted by molar-refractivity contribution is 0.0937. The van der Waals surface area contributed by atoms with Crippen LogP contribution in [0.5, 0.6) is 0 Å². The van der Waals surface area contributed by atoms with E-state index in [1.807, 2.05) is 0 Å². The molecule has 0 aromatic rings. The van der Waals surface area contributed by atoms with Gasteiger partial charge in [-0.2, -0.15) is 0 Å². The molecule has 2 heterocycles. The average molecular weight is 240 g/mol. The number of hydrogen-bond acceptors (Lipinski definition) is 3. The van der Waals surface area contributed by atoms with E-state index < -0.39 is 0 Å². The third-order valence-corrected chi connectivity index (χ3v) is 4.08. The van der Waals surface area contributed by atoms with E-state index in [1.54, 1.807) is 0 Å². The summed E-state index contributed by atoms with van der Waals surface area (Å²) in [6.07, 6.45) is 4.64. The van der Waals surface area contributed by atoms with Gasteiger partial charge in [-0.15, -0.1) is 0 Å². The zero-order valence-electron chi connectivity index (χ0n) is 10.7. The van der Waals surface area contributed by atoms with Crippen molar-refractivity contribution in [3.8, 4) is 0 Å². The van der Waals surface area contributed by atoms with Crippen molar-refractivity contribution in [1.29, 1.82) is 0 Å². The molecule has 2 aliphatic heterocycles. The van der Waals surface area contributed by atoms with Gasteiger partial charge in [0.1, 0.15) is 0 Å². The van der Waals surface area contributed by atoms with Crippen LogP contribution in [0, 0.1) is 0 Å². The lowest BCUT2D eigenvalue weighted by Gasteiger charge is -2.41. The number of rotatable bonds is 2. The van der Waals surface area contributed by atoms with Crippen LogP contribution >= 0.6 is 0 Å². The minimum Gasteiger partial charge on any atom is -0.352 e. The predicted octanol–water partition coefficient (Wildman–Crippen LogP) is 0.213.